The molecule has 0 aliphatic carbocycles. The van der Waals surface area contributed by atoms with Crippen molar-refractivity contribution in [3.8, 4) is 11.1 Å². The summed E-state index contributed by atoms with van der Waals surface area (Å²) in [6.45, 7) is 1.69. The molecule has 2 aromatic heterocycles. The first-order chi connectivity index (χ1) is 13.4. The van der Waals surface area contributed by atoms with Gasteiger partial charge in [-0.2, -0.15) is 4.39 Å². The third kappa shape index (κ3) is 3.22. The van der Waals surface area contributed by atoms with Crippen LogP contribution >= 0.6 is 0 Å². The van der Waals surface area contributed by atoms with Gasteiger partial charge in [-0.1, -0.05) is 12.1 Å². The van der Waals surface area contributed by atoms with Gasteiger partial charge in [0.1, 0.15) is 11.3 Å². The topological polar surface area (TPSA) is 25.8 Å². The fraction of sp³-hybridized carbons (Fsp3) is 0.0909. The number of aryl methyl sites for hydroxylation is 1. The average molecular weight is 382 g/mol. The second kappa shape index (κ2) is 7.03. The third-order valence-electron chi connectivity index (χ3n) is 4.67. The van der Waals surface area contributed by atoms with Crippen LogP contribution in [0, 0.1) is 30.3 Å². The molecule has 0 saturated heterocycles. The van der Waals surface area contributed by atoms with Crippen LogP contribution in [0.15, 0.2) is 54.7 Å². The van der Waals surface area contributed by atoms with E-state index in [4.69, 9.17) is 0 Å². The number of hydrogen-bond donors (Lipinski definition) is 0. The Balaban J connectivity index is 1.82. The molecule has 0 saturated carbocycles. The van der Waals surface area contributed by atoms with Crippen LogP contribution in [0.3, 0.4) is 0 Å². The van der Waals surface area contributed by atoms with Gasteiger partial charge in [-0.05, 0) is 60.9 Å². The molecule has 0 amide bonds. The number of benzene rings is 2. The van der Waals surface area contributed by atoms with Crippen molar-refractivity contribution in [2.24, 2.45) is 0 Å². The average Bonchev–Trinajstić information content (AvgIpc) is 2.67. The number of halogens is 4. The van der Waals surface area contributed by atoms with E-state index in [1.807, 2.05) is 0 Å². The van der Waals surface area contributed by atoms with Gasteiger partial charge >= 0.3 is 0 Å². The van der Waals surface area contributed by atoms with Gasteiger partial charge in [-0.25, -0.2) is 23.1 Å². The molecule has 140 valence electrons. The van der Waals surface area contributed by atoms with Gasteiger partial charge in [0.2, 0.25) is 5.95 Å². The summed E-state index contributed by atoms with van der Waals surface area (Å²) < 4.78 is 55.1. The molecule has 0 radical (unpaired) electrons. The molecule has 4 aromatic rings. The van der Waals surface area contributed by atoms with Gasteiger partial charge in [0.15, 0.2) is 11.6 Å². The van der Waals surface area contributed by atoms with Crippen LogP contribution in [0.4, 0.5) is 17.6 Å². The molecule has 0 bridgehead atoms. The fourth-order valence-electron chi connectivity index (χ4n) is 3.26. The Bertz CT molecular complexity index is 1190. The van der Waals surface area contributed by atoms with Gasteiger partial charge in [0, 0.05) is 28.4 Å². The normalized spacial score (nSPS) is 11.2. The van der Waals surface area contributed by atoms with Crippen molar-refractivity contribution < 1.29 is 17.6 Å². The lowest BCUT2D eigenvalue weighted by Crippen LogP contribution is -2.01. The first-order valence-corrected chi connectivity index (χ1v) is 8.57. The van der Waals surface area contributed by atoms with Gasteiger partial charge in [0.05, 0.1) is 0 Å². The summed E-state index contributed by atoms with van der Waals surface area (Å²) in [6, 6.07) is 11.5. The van der Waals surface area contributed by atoms with Gasteiger partial charge in [0.25, 0.3) is 0 Å². The molecule has 28 heavy (non-hydrogen) atoms. The zero-order valence-corrected chi connectivity index (χ0v) is 14.8. The Morgan fingerprint density at radius 2 is 1.68 bits per heavy atom. The van der Waals surface area contributed by atoms with Crippen molar-refractivity contribution in [3.63, 3.8) is 0 Å². The highest BCUT2D eigenvalue weighted by Gasteiger charge is 2.15. The van der Waals surface area contributed by atoms with E-state index in [9.17, 15) is 17.6 Å². The van der Waals surface area contributed by atoms with Crippen LogP contribution in [0.5, 0.6) is 0 Å². The summed E-state index contributed by atoms with van der Waals surface area (Å²) in [7, 11) is 0. The zero-order chi connectivity index (χ0) is 19.8. The lowest BCUT2D eigenvalue weighted by Gasteiger charge is -2.13. The highest BCUT2D eigenvalue weighted by Crippen LogP contribution is 2.30. The Kier molecular flexibility index (Phi) is 4.55. The summed E-state index contributed by atoms with van der Waals surface area (Å²) >= 11 is 0. The van der Waals surface area contributed by atoms with Crippen molar-refractivity contribution in [1.82, 2.24) is 9.97 Å². The Hall–Kier alpha value is -3.28. The van der Waals surface area contributed by atoms with Gasteiger partial charge < -0.3 is 0 Å². The van der Waals surface area contributed by atoms with Crippen molar-refractivity contribution in [2.75, 3.05) is 0 Å². The van der Waals surface area contributed by atoms with E-state index in [0.29, 0.717) is 34.2 Å². The molecule has 0 atom stereocenters. The quantitative estimate of drug-likeness (QED) is 0.333. The van der Waals surface area contributed by atoms with Gasteiger partial charge in [-0.3, -0.25) is 0 Å². The molecule has 0 unspecified atom stereocenters. The highest BCUT2D eigenvalue weighted by atomic mass is 19.2. The maximum Gasteiger partial charge on any atom is 0.212 e. The molecule has 0 fully saturated rings. The third-order valence-corrected chi connectivity index (χ3v) is 4.67. The minimum atomic E-state index is -0.990. The number of rotatable bonds is 3. The van der Waals surface area contributed by atoms with E-state index in [1.165, 1.54) is 30.5 Å². The van der Waals surface area contributed by atoms with Crippen molar-refractivity contribution in [2.45, 2.75) is 13.3 Å². The number of nitrogens with zero attached hydrogens (tertiary/aromatic N) is 2. The first-order valence-electron chi connectivity index (χ1n) is 8.57. The largest absolute Gasteiger partial charge is 0.250 e. The SMILES string of the molecule is Cc1nc2c(F)c(F)ccc2cc1Cc1cccc(F)c1-c1ccc(F)nc1. The van der Waals surface area contributed by atoms with Crippen LogP contribution in [-0.4, -0.2) is 9.97 Å². The minimum absolute atomic E-state index is 0.0385. The lowest BCUT2D eigenvalue weighted by atomic mass is 9.94. The Morgan fingerprint density at radius 3 is 2.43 bits per heavy atom. The molecule has 0 aliphatic rings. The number of hydrogen-bond acceptors (Lipinski definition) is 2. The second-order valence-electron chi connectivity index (χ2n) is 6.49. The summed E-state index contributed by atoms with van der Waals surface area (Å²) in [4.78, 5) is 7.80. The van der Waals surface area contributed by atoms with Crippen molar-refractivity contribution in [1.29, 1.82) is 0 Å². The van der Waals surface area contributed by atoms with E-state index >= 15 is 0 Å². The maximum absolute atomic E-state index is 14.6. The fourth-order valence-corrected chi connectivity index (χ4v) is 3.26. The van der Waals surface area contributed by atoms with E-state index in [1.54, 1.807) is 25.1 Å². The monoisotopic (exact) mass is 382 g/mol. The van der Waals surface area contributed by atoms with Gasteiger partial charge in [-0.15, -0.1) is 0 Å². The molecule has 6 heteroatoms. The second-order valence-corrected chi connectivity index (χ2v) is 6.49. The van der Waals surface area contributed by atoms with Crippen LogP contribution in [0.2, 0.25) is 0 Å². The first kappa shape index (κ1) is 18.1. The maximum atomic E-state index is 14.6. The van der Waals surface area contributed by atoms with Crippen LogP contribution < -0.4 is 0 Å². The smallest absolute Gasteiger partial charge is 0.212 e. The van der Waals surface area contributed by atoms with E-state index in [2.05, 4.69) is 9.97 Å². The van der Waals surface area contributed by atoms with Crippen LogP contribution in [-0.2, 0) is 6.42 Å². The van der Waals surface area contributed by atoms with E-state index in [-0.39, 0.29) is 5.52 Å². The molecule has 0 spiro atoms. The minimum Gasteiger partial charge on any atom is -0.250 e. The highest BCUT2D eigenvalue weighted by molar-refractivity contribution is 5.80. The molecule has 0 aliphatic heterocycles. The molecule has 0 N–H and O–H groups in total. The standard InChI is InChI=1S/C22H14F4N2/c1-12-16(10-14-5-7-18(24)21(26)22(14)28-12)9-13-3-2-4-17(23)20(13)15-6-8-19(25)27-11-15/h2-8,10-11H,9H2,1H3. The van der Waals surface area contributed by atoms with Crippen LogP contribution in [0.1, 0.15) is 16.8 Å². The molecule has 2 nitrogen and oxygen atoms in total. The number of pyridine rings is 2. The summed E-state index contributed by atoms with van der Waals surface area (Å²) in [5.41, 5.74) is 2.65. The van der Waals surface area contributed by atoms with Crippen molar-refractivity contribution in [3.05, 3.63) is 94.9 Å². The van der Waals surface area contributed by atoms with E-state index in [0.717, 1.165) is 11.6 Å². The Labute approximate surface area is 158 Å². The molecule has 2 heterocycles. The summed E-state index contributed by atoms with van der Waals surface area (Å²) in [5, 5.41) is 0.459. The zero-order valence-electron chi connectivity index (χ0n) is 14.8. The predicted molar refractivity (Wildman–Crippen MR) is 98.8 cm³/mol. The predicted octanol–water partition coefficient (Wildman–Crippen LogP) is 5.75. The lowest BCUT2D eigenvalue weighted by molar-refractivity contribution is 0.515. The van der Waals surface area contributed by atoms with Crippen molar-refractivity contribution >= 4 is 10.9 Å². The number of aromatic nitrogens is 2. The van der Waals surface area contributed by atoms with Crippen LogP contribution in [0.25, 0.3) is 22.0 Å². The molecular formula is C22H14F4N2. The Morgan fingerprint density at radius 1 is 0.857 bits per heavy atom. The summed E-state index contributed by atoms with van der Waals surface area (Å²) in [5.74, 6) is -3.05. The molecule has 2 aromatic carbocycles. The number of fused-ring (bicyclic) bond motifs is 1. The molecular weight excluding hydrogens is 368 g/mol. The summed E-state index contributed by atoms with van der Waals surface area (Å²) in [6.07, 6.45) is 1.60. The molecule has 4 rings (SSSR count). The van der Waals surface area contributed by atoms with E-state index < -0.39 is 23.4 Å².